The maximum absolute atomic E-state index is 12.0. The number of aryl methyl sites for hydroxylation is 3. The summed E-state index contributed by atoms with van der Waals surface area (Å²) in [6, 6.07) is 5.44. The van der Waals surface area contributed by atoms with E-state index in [1.54, 1.807) is 13.2 Å². The van der Waals surface area contributed by atoms with Crippen LogP contribution in [0, 0.1) is 20.8 Å². The second kappa shape index (κ2) is 6.43. The molecular formula is C16H19NO4. The first kappa shape index (κ1) is 15.1. The fourth-order valence-corrected chi connectivity index (χ4v) is 2.12. The summed E-state index contributed by atoms with van der Waals surface area (Å²) < 4.78 is 15.6. The van der Waals surface area contributed by atoms with E-state index in [4.69, 9.17) is 14.0 Å². The summed E-state index contributed by atoms with van der Waals surface area (Å²) in [6.45, 7) is 5.65. The number of esters is 1. The first-order valence-corrected chi connectivity index (χ1v) is 6.78. The van der Waals surface area contributed by atoms with Gasteiger partial charge in [0.25, 0.3) is 0 Å². The van der Waals surface area contributed by atoms with Gasteiger partial charge < -0.3 is 14.0 Å². The molecule has 0 aliphatic rings. The van der Waals surface area contributed by atoms with Crippen molar-refractivity contribution in [3.8, 4) is 11.5 Å². The molecule has 1 aromatic heterocycles. The molecule has 2 aromatic rings. The highest BCUT2D eigenvalue weighted by Crippen LogP contribution is 2.28. The largest absolute Gasteiger partial charge is 0.493 e. The van der Waals surface area contributed by atoms with Gasteiger partial charge in [-0.15, -0.1) is 0 Å². The molecule has 0 spiro atoms. The van der Waals surface area contributed by atoms with E-state index in [2.05, 4.69) is 5.16 Å². The molecule has 0 radical (unpaired) electrons. The zero-order valence-corrected chi connectivity index (χ0v) is 12.7. The van der Waals surface area contributed by atoms with Gasteiger partial charge in [0.05, 0.1) is 19.2 Å². The summed E-state index contributed by atoms with van der Waals surface area (Å²) in [5, 5.41) is 3.87. The van der Waals surface area contributed by atoms with Crippen LogP contribution < -0.4 is 9.47 Å². The number of aromatic nitrogens is 1. The molecular weight excluding hydrogens is 270 g/mol. The Labute approximate surface area is 123 Å². The molecule has 0 amide bonds. The number of methoxy groups -OCH3 is 1. The summed E-state index contributed by atoms with van der Waals surface area (Å²) in [5.41, 5.74) is 2.82. The third-order valence-electron chi connectivity index (χ3n) is 3.30. The van der Waals surface area contributed by atoms with Crippen molar-refractivity contribution in [3.63, 3.8) is 0 Å². The lowest BCUT2D eigenvalue weighted by atomic mass is 10.1. The number of rotatable bonds is 5. The smallest absolute Gasteiger partial charge is 0.311 e. The number of hydrogen-bond donors (Lipinski definition) is 0. The van der Waals surface area contributed by atoms with Crippen LogP contribution >= 0.6 is 0 Å². The highest BCUT2D eigenvalue weighted by atomic mass is 16.6. The Morgan fingerprint density at radius 2 is 2.00 bits per heavy atom. The number of ether oxygens (including phenoxy) is 2. The number of benzene rings is 1. The van der Waals surface area contributed by atoms with Crippen LogP contribution in [0.1, 0.15) is 29.0 Å². The van der Waals surface area contributed by atoms with E-state index in [9.17, 15) is 4.79 Å². The van der Waals surface area contributed by atoms with Gasteiger partial charge in [-0.1, -0.05) is 11.2 Å². The first-order chi connectivity index (χ1) is 10.0. The van der Waals surface area contributed by atoms with Crippen LogP contribution in [0.25, 0.3) is 0 Å². The summed E-state index contributed by atoms with van der Waals surface area (Å²) in [4.78, 5) is 12.0. The monoisotopic (exact) mass is 289 g/mol. The molecule has 0 aliphatic heterocycles. The molecule has 0 fully saturated rings. The summed E-state index contributed by atoms with van der Waals surface area (Å²) in [6.07, 6.45) is 0.814. The standard InChI is InChI=1S/C16H19NO4/c1-10-5-7-14(15(9-10)19-4)20-16(18)8-6-13-11(2)17-21-12(13)3/h5,7,9H,6,8H2,1-4H3. The second-order valence-corrected chi connectivity index (χ2v) is 4.93. The van der Waals surface area contributed by atoms with Crippen molar-refractivity contribution in [1.29, 1.82) is 0 Å². The predicted molar refractivity (Wildman–Crippen MR) is 77.7 cm³/mol. The first-order valence-electron chi connectivity index (χ1n) is 6.78. The van der Waals surface area contributed by atoms with Gasteiger partial charge in [0.1, 0.15) is 5.76 Å². The van der Waals surface area contributed by atoms with Crippen LogP contribution in [0.15, 0.2) is 22.7 Å². The third kappa shape index (κ3) is 3.62. The molecule has 0 N–H and O–H groups in total. The Morgan fingerprint density at radius 1 is 1.24 bits per heavy atom. The molecule has 0 saturated heterocycles. The van der Waals surface area contributed by atoms with E-state index in [-0.39, 0.29) is 12.4 Å². The number of carbonyl (C=O) groups is 1. The predicted octanol–water partition coefficient (Wildman–Crippen LogP) is 3.15. The fourth-order valence-electron chi connectivity index (χ4n) is 2.12. The summed E-state index contributed by atoms with van der Waals surface area (Å²) >= 11 is 0. The van der Waals surface area contributed by atoms with Crippen LogP contribution in [0.2, 0.25) is 0 Å². The number of nitrogens with zero attached hydrogens (tertiary/aromatic N) is 1. The maximum atomic E-state index is 12.0. The van der Waals surface area contributed by atoms with Crippen LogP contribution in [0.4, 0.5) is 0 Å². The molecule has 1 aromatic carbocycles. The van der Waals surface area contributed by atoms with Gasteiger partial charge in [0.2, 0.25) is 0 Å². The van der Waals surface area contributed by atoms with Gasteiger partial charge in [-0.3, -0.25) is 4.79 Å². The van der Waals surface area contributed by atoms with Crippen molar-refractivity contribution in [1.82, 2.24) is 5.16 Å². The van der Waals surface area contributed by atoms with Crippen molar-refractivity contribution in [2.45, 2.75) is 33.6 Å². The minimum absolute atomic E-state index is 0.264. The Hall–Kier alpha value is -2.30. The minimum Gasteiger partial charge on any atom is -0.493 e. The van der Waals surface area contributed by atoms with E-state index >= 15 is 0 Å². The molecule has 1 heterocycles. The van der Waals surface area contributed by atoms with Crippen molar-refractivity contribution >= 4 is 5.97 Å². The Kier molecular flexibility index (Phi) is 4.62. The zero-order valence-electron chi connectivity index (χ0n) is 12.7. The van der Waals surface area contributed by atoms with Gasteiger partial charge >= 0.3 is 5.97 Å². The van der Waals surface area contributed by atoms with Gasteiger partial charge in [-0.25, -0.2) is 0 Å². The molecule has 0 aliphatic carbocycles. The second-order valence-electron chi connectivity index (χ2n) is 4.93. The average molecular weight is 289 g/mol. The van der Waals surface area contributed by atoms with Crippen LogP contribution in [-0.4, -0.2) is 18.2 Å². The lowest BCUT2D eigenvalue weighted by molar-refractivity contribution is -0.134. The molecule has 5 nitrogen and oxygen atoms in total. The van der Waals surface area contributed by atoms with Crippen molar-refractivity contribution < 1.29 is 18.8 Å². The van der Waals surface area contributed by atoms with Gasteiger partial charge in [0.15, 0.2) is 11.5 Å². The molecule has 21 heavy (non-hydrogen) atoms. The van der Waals surface area contributed by atoms with Crippen LogP contribution in [-0.2, 0) is 11.2 Å². The van der Waals surface area contributed by atoms with Crippen molar-refractivity contribution in [3.05, 3.63) is 40.8 Å². The Balaban J connectivity index is 1.99. The van der Waals surface area contributed by atoms with E-state index in [1.807, 2.05) is 32.9 Å². The normalized spacial score (nSPS) is 10.5. The highest BCUT2D eigenvalue weighted by Gasteiger charge is 2.14. The third-order valence-corrected chi connectivity index (χ3v) is 3.30. The van der Waals surface area contributed by atoms with E-state index in [0.717, 1.165) is 22.6 Å². The Morgan fingerprint density at radius 3 is 2.62 bits per heavy atom. The lowest BCUT2D eigenvalue weighted by Gasteiger charge is -2.09. The van der Waals surface area contributed by atoms with Gasteiger partial charge in [0, 0.05) is 5.56 Å². The zero-order chi connectivity index (χ0) is 15.4. The van der Waals surface area contributed by atoms with Gasteiger partial charge in [-0.2, -0.15) is 0 Å². The van der Waals surface area contributed by atoms with Crippen molar-refractivity contribution in [2.24, 2.45) is 0 Å². The number of carbonyl (C=O) groups excluding carboxylic acids is 1. The Bertz CT molecular complexity index is 626. The quantitative estimate of drug-likeness (QED) is 0.625. The molecule has 0 saturated carbocycles. The number of hydrogen-bond acceptors (Lipinski definition) is 5. The SMILES string of the molecule is COc1cc(C)ccc1OC(=O)CCc1c(C)noc1C. The van der Waals surface area contributed by atoms with E-state index < -0.39 is 0 Å². The van der Waals surface area contributed by atoms with Crippen LogP contribution in [0.3, 0.4) is 0 Å². The van der Waals surface area contributed by atoms with Gasteiger partial charge in [-0.05, 0) is 44.9 Å². The topological polar surface area (TPSA) is 61.6 Å². The van der Waals surface area contributed by atoms with Crippen LogP contribution in [0.5, 0.6) is 11.5 Å². The molecule has 2 rings (SSSR count). The molecule has 5 heteroatoms. The van der Waals surface area contributed by atoms with E-state index in [1.165, 1.54) is 0 Å². The minimum atomic E-state index is -0.308. The fraction of sp³-hybridized carbons (Fsp3) is 0.375. The highest BCUT2D eigenvalue weighted by molar-refractivity contribution is 5.73. The summed E-state index contributed by atoms with van der Waals surface area (Å²) in [5.74, 6) is 1.43. The molecule has 0 unspecified atom stereocenters. The molecule has 112 valence electrons. The molecule has 0 bridgehead atoms. The average Bonchev–Trinajstić information content (AvgIpc) is 2.77. The lowest BCUT2D eigenvalue weighted by Crippen LogP contribution is -2.10. The molecule has 0 atom stereocenters. The maximum Gasteiger partial charge on any atom is 0.311 e. The summed E-state index contributed by atoms with van der Waals surface area (Å²) in [7, 11) is 1.55. The van der Waals surface area contributed by atoms with Crippen molar-refractivity contribution in [2.75, 3.05) is 7.11 Å². The van der Waals surface area contributed by atoms with E-state index in [0.29, 0.717) is 17.9 Å².